The van der Waals surface area contributed by atoms with E-state index in [1.807, 2.05) is 54.2 Å². The van der Waals surface area contributed by atoms with E-state index in [1.54, 1.807) is 24.3 Å². The molecule has 4 nitrogen and oxygen atoms in total. The Labute approximate surface area is 152 Å². The topological polar surface area (TPSA) is 48.3 Å². The van der Waals surface area contributed by atoms with E-state index in [2.05, 4.69) is 0 Å². The van der Waals surface area contributed by atoms with Crippen LogP contribution in [0.25, 0.3) is 5.69 Å². The average molecular weight is 376 g/mol. The Hall–Kier alpha value is -2.08. The molecule has 0 aliphatic rings. The predicted molar refractivity (Wildman–Crippen MR) is 98.8 cm³/mol. The Morgan fingerprint density at radius 3 is 2.36 bits per heavy atom. The van der Waals surface area contributed by atoms with Crippen molar-refractivity contribution in [1.82, 2.24) is 4.57 Å². The minimum Gasteiger partial charge on any atom is -0.322 e. The average Bonchev–Trinajstić information content (AvgIpc) is 3.09. The summed E-state index contributed by atoms with van der Waals surface area (Å²) < 4.78 is 31.4. The molecule has 0 bridgehead atoms. The summed E-state index contributed by atoms with van der Waals surface area (Å²) >= 11 is 6.32. The zero-order valence-corrected chi connectivity index (χ0v) is 15.3. The third-order valence-corrected chi connectivity index (χ3v) is 5.46. The molecule has 6 heteroatoms. The van der Waals surface area contributed by atoms with E-state index < -0.39 is 10.1 Å². The number of aromatic nitrogens is 1. The molecule has 1 aromatic heterocycles. The molecule has 0 atom stereocenters. The number of nitrogens with zero attached hydrogens (tertiary/aromatic N) is 1. The largest absolute Gasteiger partial charge is 0.322 e. The molecule has 1 heterocycles. The molecule has 0 saturated carbocycles. The summed E-state index contributed by atoms with van der Waals surface area (Å²) in [6.45, 7) is 1.97. The Bertz CT molecular complexity index is 949. The van der Waals surface area contributed by atoms with Gasteiger partial charge in [-0.15, -0.1) is 0 Å². The van der Waals surface area contributed by atoms with E-state index in [0.29, 0.717) is 11.4 Å². The molecule has 0 aliphatic carbocycles. The maximum Gasteiger partial charge on any atom is 0.296 e. The number of aryl methyl sites for hydroxylation is 1. The summed E-state index contributed by atoms with van der Waals surface area (Å²) in [5.74, 6) is 0. The van der Waals surface area contributed by atoms with Gasteiger partial charge < -0.3 is 4.57 Å². The molecule has 3 rings (SSSR count). The van der Waals surface area contributed by atoms with E-state index in [-0.39, 0.29) is 11.5 Å². The molecule has 0 spiro atoms. The van der Waals surface area contributed by atoms with Crippen molar-refractivity contribution in [3.63, 3.8) is 0 Å². The number of hydrogen-bond donors (Lipinski definition) is 0. The molecule has 0 N–H and O–H groups in total. The molecule has 0 aliphatic heterocycles. The summed E-state index contributed by atoms with van der Waals surface area (Å²) in [5, 5.41) is 0.607. The molecule has 3 aromatic rings. The van der Waals surface area contributed by atoms with E-state index >= 15 is 0 Å². The highest BCUT2D eigenvalue weighted by Crippen LogP contribution is 2.22. The third-order valence-electron chi connectivity index (χ3n) is 3.83. The van der Waals surface area contributed by atoms with Crippen LogP contribution >= 0.6 is 11.6 Å². The van der Waals surface area contributed by atoms with Crippen LogP contribution in [0.4, 0.5) is 0 Å². The van der Waals surface area contributed by atoms with Gasteiger partial charge in [-0.1, -0.05) is 35.4 Å². The minimum absolute atomic E-state index is 0.0649. The summed E-state index contributed by atoms with van der Waals surface area (Å²) in [6.07, 6.45) is 4.28. The van der Waals surface area contributed by atoms with E-state index in [1.165, 1.54) is 0 Å². The van der Waals surface area contributed by atoms with E-state index in [0.717, 1.165) is 16.8 Å². The van der Waals surface area contributed by atoms with Gasteiger partial charge in [0.05, 0.1) is 22.2 Å². The molecular weight excluding hydrogens is 358 g/mol. The van der Waals surface area contributed by atoms with E-state index in [9.17, 15) is 8.42 Å². The third kappa shape index (κ3) is 4.31. The second kappa shape index (κ2) is 7.44. The van der Waals surface area contributed by atoms with Gasteiger partial charge in [-0.3, -0.25) is 4.18 Å². The standard InChI is InChI=1S/C19H18ClNO3S/c1-15-4-7-17(8-5-15)25(22,23)24-13-10-16-6-9-19(18(20)14-16)21-11-2-3-12-21/h2-9,11-12,14H,10,13H2,1H3. The second-order valence-electron chi connectivity index (χ2n) is 5.72. The number of rotatable bonds is 6. The second-order valence-corrected chi connectivity index (χ2v) is 7.74. The van der Waals surface area contributed by atoms with Gasteiger partial charge in [0.2, 0.25) is 0 Å². The first-order valence-electron chi connectivity index (χ1n) is 7.83. The van der Waals surface area contributed by atoms with Crippen molar-refractivity contribution in [3.8, 4) is 5.69 Å². The highest BCUT2D eigenvalue weighted by molar-refractivity contribution is 7.86. The fourth-order valence-electron chi connectivity index (χ4n) is 2.45. The fraction of sp³-hybridized carbons (Fsp3) is 0.158. The fourth-order valence-corrected chi connectivity index (χ4v) is 3.66. The molecule has 2 aromatic carbocycles. The molecular formula is C19H18ClNO3S. The van der Waals surface area contributed by atoms with Crippen LogP contribution in [0.2, 0.25) is 5.02 Å². The highest BCUT2D eigenvalue weighted by Gasteiger charge is 2.14. The SMILES string of the molecule is Cc1ccc(S(=O)(=O)OCCc2ccc(-n3cccc3)c(Cl)c2)cc1. The van der Waals surface area contributed by atoms with Crippen molar-refractivity contribution >= 4 is 21.7 Å². The van der Waals surface area contributed by atoms with Crippen molar-refractivity contribution < 1.29 is 12.6 Å². The molecule has 0 unspecified atom stereocenters. The lowest BCUT2D eigenvalue weighted by molar-refractivity contribution is 0.322. The van der Waals surface area contributed by atoms with Crippen molar-refractivity contribution in [2.45, 2.75) is 18.2 Å². The molecule has 0 saturated heterocycles. The van der Waals surface area contributed by atoms with Gasteiger partial charge in [0.15, 0.2) is 0 Å². The van der Waals surface area contributed by atoms with Gasteiger partial charge in [0.1, 0.15) is 0 Å². The van der Waals surface area contributed by atoms with Crippen LogP contribution in [0.15, 0.2) is 71.9 Å². The van der Waals surface area contributed by atoms with Gasteiger partial charge in [0.25, 0.3) is 10.1 Å². The van der Waals surface area contributed by atoms with Crippen LogP contribution < -0.4 is 0 Å². The summed E-state index contributed by atoms with van der Waals surface area (Å²) in [5.41, 5.74) is 2.79. The smallest absolute Gasteiger partial charge is 0.296 e. The maximum absolute atomic E-state index is 12.2. The van der Waals surface area contributed by atoms with Crippen LogP contribution in [0.3, 0.4) is 0 Å². The van der Waals surface area contributed by atoms with E-state index in [4.69, 9.17) is 15.8 Å². The molecule has 0 fully saturated rings. The quantitative estimate of drug-likeness (QED) is 0.600. The van der Waals surface area contributed by atoms with Gasteiger partial charge >= 0.3 is 0 Å². The predicted octanol–water partition coefficient (Wildman–Crippen LogP) is 4.39. The van der Waals surface area contributed by atoms with Crippen molar-refractivity contribution in [3.05, 3.63) is 83.1 Å². The zero-order chi connectivity index (χ0) is 17.9. The first-order valence-corrected chi connectivity index (χ1v) is 9.62. The monoisotopic (exact) mass is 375 g/mol. The lowest BCUT2D eigenvalue weighted by Gasteiger charge is -2.09. The minimum atomic E-state index is -3.74. The summed E-state index contributed by atoms with van der Waals surface area (Å²) in [4.78, 5) is 0.166. The van der Waals surface area contributed by atoms with Crippen molar-refractivity contribution in [2.24, 2.45) is 0 Å². The lowest BCUT2D eigenvalue weighted by atomic mass is 10.1. The number of halogens is 1. The first kappa shape index (κ1) is 17.7. The van der Waals surface area contributed by atoms with Crippen molar-refractivity contribution in [2.75, 3.05) is 6.61 Å². The zero-order valence-electron chi connectivity index (χ0n) is 13.7. The van der Waals surface area contributed by atoms with Crippen LogP contribution in [-0.4, -0.2) is 19.6 Å². The highest BCUT2D eigenvalue weighted by atomic mass is 35.5. The van der Waals surface area contributed by atoms with Crippen LogP contribution in [-0.2, 0) is 20.7 Å². The maximum atomic E-state index is 12.2. The molecule has 130 valence electrons. The molecule has 0 amide bonds. The van der Waals surface area contributed by atoms with Crippen LogP contribution in [0.1, 0.15) is 11.1 Å². The first-order chi connectivity index (χ1) is 12.0. The summed E-state index contributed by atoms with van der Waals surface area (Å²) in [7, 11) is -3.74. The Balaban J connectivity index is 1.64. The van der Waals surface area contributed by atoms with Gasteiger partial charge in [-0.05, 0) is 55.3 Å². The summed E-state index contributed by atoms with van der Waals surface area (Å²) in [6, 6.07) is 16.1. The normalized spacial score (nSPS) is 11.6. The number of benzene rings is 2. The lowest BCUT2D eigenvalue weighted by Crippen LogP contribution is -2.09. The molecule has 25 heavy (non-hydrogen) atoms. The Morgan fingerprint density at radius 1 is 1.04 bits per heavy atom. The van der Waals surface area contributed by atoms with Gasteiger partial charge in [-0.25, -0.2) is 0 Å². The molecule has 0 radical (unpaired) electrons. The van der Waals surface area contributed by atoms with Gasteiger partial charge in [-0.2, -0.15) is 8.42 Å². The Kier molecular flexibility index (Phi) is 5.27. The number of hydrogen-bond acceptors (Lipinski definition) is 3. The van der Waals surface area contributed by atoms with Crippen LogP contribution in [0.5, 0.6) is 0 Å². The Morgan fingerprint density at radius 2 is 1.72 bits per heavy atom. The van der Waals surface area contributed by atoms with Crippen LogP contribution in [0, 0.1) is 6.92 Å². The van der Waals surface area contributed by atoms with Crippen molar-refractivity contribution in [1.29, 1.82) is 0 Å². The van der Waals surface area contributed by atoms with Gasteiger partial charge in [0, 0.05) is 12.4 Å².